The topological polar surface area (TPSA) is 50.2 Å². The Labute approximate surface area is 172 Å². The van der Waals surface area contributed by atoms with Gasteiger partial charge in [0, 0.05) is 23.3 Å². The minimum absolute atomic E-state index is 0.0227. The number of nitrogens with one attached hydrogen (secondary N) is 1. The number of carbonyl (C=O) groups excluding carboxylic acids is 1. The molecule has 2 aliphatic carbocycles. The van der Waals surface area contributed by atoms with Crippen LogP contribution in [0, 0.1) is 5.82 Å². The molecular formula is C23H31FN4O. The van der Waals surface area contributed by atoms with Crippen molar-refractivity contribution in [2.75, 3.05) is 20.6 Å². The molecule has 156 valence electrons. The fourth-order valence-corrected chi connectivity index (χ4v) is 4.91. The van der Waals surface area contributed by atoms with Crippen molar-refractivity contribution in [3.8, 4) is 5.69 Å². The minimum atomic E-state index is -0.270. The number of hydrogen-bond acceptors (Lipinski definition) is 3. The third-order valence-corrected chi connectivity index (χ3v) is 6.78. The highest BCUT2D eigenvalue weighted by molar-refractivity contribution is 5.94. The molecule has 1 N–H and O–H groups in total. The van der Waals surface area contributed by atoms with Gasteiger partial charge in [-0.05, 0) is 70.5 Å². The largest absolute Gasteiger partial charge is 0.349 e. The Balaban J connectivity index is 1.56. The Bertz CT molecular complexity index is 864. The summed E-state index contributed by atoms with van der Waals surface area (Å²) in [6.45, 7) is 0.650. The van der Waals surface area contributed by atoms with Gasteiger partial charge in [-0.25, -0.2) is 9.07 Å². The van der Waals surface area contributed by atoms with Crippen LogP contribution >= 0.6 is 0 Å². The van der Waals surface area contributed by atoms with Gasteiger partial charge in [-0.3, -0.25) is 4.79 Å². The van der Waals surface area contributed by atoms with E-state index < -0.39 is 0 Å². The molecule has 0 spiro atoms. The van der Waals surface area contributed by atoms with Crippen LogP contribution in [0.3, 0.4) is 0 Å². The molecule has 29 heavy (non-hydrogen) atoms. The average Bonchev–Trinajstić information content (AvgIpc) is 3.23. The van der Waals surface area contributed by atoms with Gasteiger partial charge in [0.05, 0.1) is 5.69 Å². The van der Waals surface area contributed by atoms with E-state index in [0.717, 1.165) is 49.0 Å². The predicted molar refractivity (Wildman–Crippen MR) is 112 cm³/mol. The number of rotatable bonds is 5. The maximum Gasteiger partial charge on any atom is 0.272 e. The third kappa shape index (κ3) is 3.95. The molecule has 2 aliphatic rings. The van der Waals surface area contributed by atoms with Gasteiger partial charge in [-0.15, -0.1) is 0 Å². The molecule has 0 unspecified atom stereocenters. The molecule has 1 fully saturated rings. The third-order valence-electron chi connectivity index (χ3n) is 6.78. The van der Waals surface area contributed by atoms with Gasteiger partial charge in [0.2, 0.25) is 0 Å². The van der Waals surface area contributed by atoms with E-state index in [1.165, 1.54) is 37.8 Å². The number of benzene rings is 1. The van der Waals surface area contributed by atoms with E-state index >= 15 is 0 Å². The lowest BCUT2D eigenvalue weighted by Crippen LogP contribution is -2.52. The Kier molecular flexibility index (Phi) is 5.72. The summed E-state index contributed by atoms with van der Waals surface area (Å²) in [5.74, 6) is -0.359. The van der Waals surface area contributed by atoms with Gasteiger partial charge in [0.25, 0.3) is 5.91 Å². The van der Waals surface area contributed by atoms with Gasteiger partial charge in [-0.2, -0.15) is 5.10 Å². The molecule has 5 nitrogen and oxygen atoms in total. The standard InChI is InChI=1S/C23H31FN4O/c1-27(2)23(14-5-3-4-6-15-23)16-25-22(29)21-19-8-7-9-20(19)28(26-21)18-12-10-17(24)11-13-18/h10-13H,3-9,14-16H2,1-2H3,(H,25,29). The SMILES string of the molecule is CN(C)C1(CNC(=O)c2nn(-c3ccc(F)cc3)c3c2CCC3)CCCCCC1. The minimum Gasteiger partial charge on any atom is -0.349 e. The van der Waals surface area contributed by atoms with E-state index in [2.05, 4.69) is 29.4 Å². The van der Waals surface area contributed by atoms with E-state index in [4.69, 9.17) is 0 Å². The van der Waals surface area contributed by atoms with E-state index in [0.29, 0.717) is 12.2 Å². The highest BCUT2D eigenvalue weighted by Gasteiger charge is 2.34. The first kappa shape index (κ1) is 20.1. The number of carbonyl (C=O) groups is 1. The number of amides is 1. The van der Waals surface area contributed by atoms with Gasteiger partial charge in [0.1, 0.15) is 5.82 Å². The lowest BCUT2D eigenvalue weighted by Gasteiger charge is -2.39. The lowest BCUT2D eigenvalue weighted by molar-refractivity contribution is 0.0863. The van der Waals surface area contributed by atoms with Crippen molar-refractivity contribution < 1.29 is 9.18 Å². The first-order valence-electron chi connectivity index (χ1n) is 10.8. The molecule has 1 aromatic heterocycles. The van der Waals surface area contributed by atoms with E-state index in [9.17, 15) is 9.18 Å². The zero-order chi connectivity index (χ0) is 20.4. The molecule has 0 bridgehead atoms. The summed E-state index contributed by atoms with van der Waals surface area (Å²) in [7, 11) is 4.25. The number of nitrogens with zero attached hydrogens (tertiary/aromatic N) is 3. The Hall–Kier alpha value is -2.21. The smallest absolute Gasteiger partial charge is 0.272 e. The van der Waals surface area contributed by atoms with Crippen molar-refractivity contribution in [1.29, 1.82) is 0 Å². The maximum atomic E-state index is 13.3. The van der Waals surface area contributed by atoms with E-state index in [1.54, 1.807) is 12.1 Å². The lowest BCUT2D eigenvalue weighted by atomic mass is 9.88. The van der Waals surface area contributed by atoms with Gasteiger partial charge in [-0.1, -0.05) is 25.7 Å². The van der Waals surface area contributed by atoms with E-state index in [-0.39, 0.29) is 17.3 Å². The van der Waals surface area contributed by atoms with Gasteiger partial charge < -0.3 is 10.2 Å². The summed E-state index contributed by atoms with van der Waals surface area (Å²) in [6.07, 6.45) is 10.00. The second-order valence-corrected chi connectivity index (χ2v) is 8.73. The first-order valence-corrected chi connectivity index (χ1v) is 10.8. The zero-order valence-electron chi connectivity index (χ0n) is 17.5. The van der Waals surface area contributed by atoms with Crippen LogP contribution in [0.4, 0.5) is 4.39 Å². The molecule has 1 saturated carbocycles. The first-order chi connectivity index (χ1) is 14.0. The Morgan fingerprint density at radius 3 is 2.45 bits per heavy atom. The van der Waals surface area contributed by atoms with Crippen LogP contribution in [0.1, 0.15) is 66.7 Å². The normalized spacial score (nSPS) is 18.5. The van der Waals surface area contributed by atoms with Crippen molar-refractivity contribution in [3.63, 3.8) is 0 Å². The fourth-order valence-electron chi connectivity index (χ4n) is 4.91. The second-order valence-electron chi connectivity index (χ2n) is 8.73. The van der Waals surface area contributed by atoms with Crippen molar-refractivity contribution in [3.05, 3.63) is 47.0 Å². The number of likely N-dealkylation sites (N-methyl/N-ethyl adjacent to an activating group) is 1. The molecule has 6 heteroatoms. The van der Waals surface area contributed by atoms with Crippen LogP contribution in [0.15, 0.2) is 24.3 Å². The zero-order valence-corrected chi connectivity index (χ0v) is 17.5. The molecule has 1 heterocycles. The van der Waals surface area contributed by atoms with Crippen molar-refractivity contribution >= 4 is 5.91 Å². The van der Waals surface area contributed by atoms with Crippen LogP contribution in [0.2, 0.25) is 0 Å². The summed E-state index contributed by atoms with van der Waals surface area (Å²) in [5, 5.41) is 7.86. The maximum absolute atomic E-state index is 13.3. The fraction of sp³-hybridized carbons (Fsp3) is 0.565. The number of aromatic nitrogens is 2. The average molecular weight is 399 g/mol. The summed E-state index contributed by atoms with van der Waals surface area (Å²) in [6, 6.07) is 6.31. The summed E-state index contributed by atoms with van der Waals surface area (Å²) >= 11 is 0. The number of hydrogen-bond donors (Lipinski definition) is 1. The second kappa shape index (κ2) is 8.27. The molecule has 0 saturated heterocycles. The molecule has 0 atom stereocenters. The summed E-state index contributed by atoms with van der Waals surface area (Å²) in [4.78, 5) is 15.4. The van der Waals surface area contributed by atoms with Crippen molar-refractivity contribution in [2.24, 2.45) is 0 Å². The summed E-state index contributed by atoms with van der Waals surface area (Å²) in [5.41, 5.74) is 3.49. The highest BCUT2D eigenvalue weighted by atomic mass is 19.1. The molecule has 1 amide bonds. The molecule has 2 aromatic rings. The Morgan fingerprint density at radius 2 is 1.79 bits per heavy atom. The molecule has 1 aromatic carbocycles. The van der Waals surface area contributed by atoms with Gasteiger partial charge >= 0.3 is 0 Å². The van der Waals surface area contributed by atoms with Crippen molar-refractivity contribution in [2.45, 2.75) is 63.3 Å². The monoisotopic (exact) mass is 398 g/mol. The number of halogens is 1. The Morgan fingerprint density at radius 1 is 1.10 bits per heavy atom. The van der Waals surface area contributed by atoms with Crippen molar-refractivity contribution in [1.82, 2.24) is 20.0 Å². The van der Waals surface area contributed by atoms with Crippen LogP contribution in [-0.4, -0.2) is 46.8 Å². The molecule has 0 aliphatic heterocycles. The number of fused-ring (bicyclic) bond motifs is 1. The van der Waals surface area contributed by atoms with Crippen LogP contribution in [0.25, 0.3) is 5.69 Å². The van der Waals surface area contributed by atoms with E-state index in [1.807, 2.05) is 4.68 Å². The molecule has 0 radical (unpaired) electrons. The summed E-state index contributed by atoms with van der Waals surface area (Å²) < 4.78 is 15.1. The predicted octanol–water partition coefficient (Wildman–Crippen LogP) is 3.88. The molecule has 4 rings (SSSR count). The molecular weight excluding hydrogens is 367 g/mol. The quantitative estimate of drug-likeness (QED) is 0.778. The highest BCUT2D eigenvalue weighted by Crippen LogP contribution is 2.31. The van der Waals surface area contributed by atoms with Gasteiger partial charge in [0.15, 0.2) is 5.69 Å². The van der Waals surface area contributed by atoms with Crippen LogP contribution < -0.4 is 5.32 Å². The van der Waals surface area contributed by atoms with Crippen LogP contribution in [0.5, 0.6) is 0 Å². The van der Waals surface area contributed by atoms with Crippen LogP contribution in [-0.2, 0) is 12.8 Å².